The van der Waals surface area contributed by atoms with Gasteiger partial charge in [0.05, 0.1) is 46.1 Å². The van der Waals surface area contributed by atoms with Crippen LogP contribution in [0.1, 0.15) is 46.0 Å². The van der Waals surface area contributed by atoms with Crippen LogP contribution in [0.2, 0.25) is 5.02 Å². The second kappa shape index (κ2) is 9.09. The van der Waals surface area contributed by atoms with Crippen LogP contribution in [0.5, 0.6) is 5.75 Å². The van der Waals surface area contributed by atoms with Gasteiger partial charge in [0.2, 0.25) is 0 Å². The Labute approximate surface area is 226 Å². The zero-order chi connectivity index (χ0) is 27.6. The van der Waals surface area contributed by atoms with E-state index in [1.54, 1.807) is 12.1 Å². The summed E-state index contributed by atoms with van der Waals surface area (Å²) in [5.74, 6) is -0.206. The number of oxazole rings is 1. The van der Waals surface area contributed by atoms with Crippen LogP contribution in [0, 0.1) is 0 Å². The molecule has 6 rings (SSSR count). The Balaban J connectivity index is 1.75. The second-order valence-electron chi connectivity index (χ2n) is 9.09. The van der Waals surface area contributed by atoms with Crippen LogP contribution in [-0.4, -0.2) is 32.7 Å². The standard InChI is InChI=1S/C26H17ClF3N3O5S/c1-37-12-4-5-14(15(6-12)11-2-3-11)22-32-23-20(24(34)33(22)9-13-8-31-10-38-13)18-16(26(28,29)30)7-17(27)19(25(35)36)21(18)39-23/h4-8,10-11H,2-3,9H2,1H3,(H,35,36). The lowest BCUT2D eigenvalue weighted by atomic mass is 10.0. The fourth-order valence-corrected chi connectivity index (χ4v) is 6.32. The number of thiophene rings is 1. The summed E-state index contributed by atoms with van der Waals surface area (Å²) in [6.45, 7) is -0.161. The quantitative estimate of drug-likeness (QED) is 0.244. The number of nitrogens with zero attached hydrogens (tertiary/aromatic N) is 3. The van der Waals surface area contributed by atoms with Gasteiger partial charge in [-0.25, -0.2) is 14.8 Å². The molecule has 0 unspecified atom stereocenters. The summed E-state index contributed by atoms with van der Waals surface area (Å²) in [7, 11) is 1.54. The number of carboxylic acids is 1. The van der Waals surface area contributed by atoms with E-state index in [-0.39, 0.29) is 39.0 Å². The number of rotatable bonds is 6. The smallest absolute Gasteiger partial charge is 0.417 e. The van der Waals surface area contributed by atoms with Gasteiger partial charge in [-0.15, -0.1) is 11.3 Å². The van der Waals surface area contributed by atoms with E-state index in [0.29, 0.717) is 28.7 Å². The van der Waals surface area contributed by atoms with Gasteiger partial charge in [-0.05, 0) is 48.6 Å². The first kappa shape index (κ1) is 25.4. The second-order valence-corrected chi connectivity index (χ2v) is 10.5. The number of methoxy groups -OCH3 is 1. The van der Waals surface area contributed by atoms with Crippen LogP contribution in [0.3, 0.4) is 0 Å². The molecule has 0 radical (unpaired) electrons. The number of benzene rings is 2. The average molecular weight is 576 g/mol. The molecule has 0 amide bonds. The normalized spacial score (nSPS) is 13.9. The third-order valence-electron chi connectivity index (χ3n) is 6.65. The summed E-state index contributed by atoms with van der Waals surface area (Å²) < 4.78 is 54.2. The zero-order valence-electron chi connectivity index (χ0n) is 20.0. The molecule has 1 aliphatic rings. The predicted octanol–water partition coefficient (Wildman–Crippen LogP) is 6.57. The molecule has 0 saturated heterocycles. The van der Waals surface area contributed by atoms with Crippen molar-refractivity contribution in [1.82, 2.24) is 14.5 Å². The number of hydrogen-bond donors (Lipinski definition) is 1. The summed E-state index contributed by atoms with van der Waals surface area (Å²) in [6.07, 6.45) is -0.494. The average Bonchev–Trinajstić information content (AvgIpc) is 3.47. The predicted molar refractivity (Wildman–Crippen MR) is 138 cm³/mol. The maximum Gasteiger partial charge on any atom is 0.417 e. The molecule has 1 aliphatic carbocycles. The molecule has 5 aromatic rings. The molecule has 1 N–H and O–H groups in total. The van der Waals surface area contributed by atoms with Crippen molar-refractivity contribution in [2.45, 2.75) is 31.5 Å². The first-order valence-corrected chi connectivity index (χ1v) is 12.8. The van der Waals surface area contributed by atoms with Gasteiger partial charge in [0.1, 0.15) is 22.2 Å². The largest absolute Gasteiger partial charge is 0.497 e. The van der Waals surface area contributed by atoms with Gasteiger partial charge in [-0.1, -0.05) is 11.6 Å². The van der Waals surface area contributed by atoms with Crippen molar-refractivity contribution in [1.29, 1.82) is 0 Å². The molecule has 0 bridgehead atoms. The van der Waals surface area contributed by atoms with E-state index in [2.05, 4.69) is 9.97 Å². The maximum atomic E-state index is 14.2. The van der Waals surface area contributed by atoms with Gasteiger partial charge < -0.3 is 14.3 Å². The monoisotopic (exact) mass is 575 g/mol. The van der Waals surface area contributed by atoms with E-state index in [0.717, 1.165) is 18.4 Å². The number of carbonyl (C=O) groups is 1. The molecule has 0 aliphatic heterocycles. The third-order valence-corrected chi connectivity index (χ3v) is 8.05. The lowest BCUT2D eigenvalue weighted by Crippen LogP contribution is -2.24. The molecule has 3 aromatic heterocycles. The number of aromatic carboxylic acids is 1. The Kier molecular flexibility index (Phi) is 5.92. The molecule has 13 heteroatoms. The summed E-state index contributed by atoms with van der Waals surface area (Å²) in [6, 6.07) is 5.87. The molecule has 39 heavy (non-hydrogen) atoms. The van der Waals surface area contributed by atoms with Crippen molar-refractivity contribution in [3.63, 3.8) is 0 Å². The van der Waals surface area contributed by atoms with Gasteiger partial charge in [-0.2, -0.15) is 13.2 Å². The fourth-order valence-electron chi connectivity index (χ4n) is 4.75. The summed E-state index contributed by atoms with van der Waals surface area (Å²) in [4.78, 5) is 34.6. The molecule has 8 nitrogen and oxygen atoms in total. The molecule has 2 aromatic carbocycles. The molecule has 0 spiro atoms. The third kappa shape index (κ3) is 4.23. The minimum atomic E-state index is -4.91. The SMILES string of the molecule is COc1ccc(-c2nc3sc4c(C(=O)O)c(Cl)cc(C(F)(F)F)c4c3c(=O)n2Cc2cnco2)c(C2CC2)c1. The van der Waals surface area contributed by atoms with Crippen LogP contribution < -0.4 is 10.3 Å². The van der Waals surface area contributed by atoms with Gasteiger partial charge in [0.15, 0.2) is 6.39 Å². The Bertz CT molecular complexity index is 1840. The Morgan fingerprint density at radius 1 is 1.28 bits per heavy atom. The van der Waals surface area contributed by atoms with Gasteiger partial charge in [0, 0.05) is 10.9 Å². The molecular formula is C26H17ClF3N3O5S. The molecular weight excluding hydrogens is 559 g/mol. The van der Waals surface area contributed by atoms with E-state index in [4.69, 9.17) is 20.8 Å². The number of aromatic nitrogens is 3. The Morgan fingerprint density at radius 2 is 2.05 bits per heavy atom. The first-order chi connectivity index (χ1) is 18.6. The molecule has 0 atom stereocenters. The summed E-state index contributed by atoms with van der Waals surface area (Å²) in [5, 5.41) is 8.30. The number of hydrogen-bond acceptors (Lipinski definition) is 7. The van der Waals surface area contributed by atoms with Crippen molar-refractivity contribution in [2.75, 3.05) is 7.11 Å². The number of alkyl halides is 3. The van der Waals surface area contributed by atoms with Crippen molar-refractivity contribution in [3.8, 4) is 17.1 Å². The number of halogens is 4. The van der Waals surface area contributed by atoms with Crippen LogP contribution in [0.25, 0.3) is 31.7 Å². The topological polar surface area (TPSA) is 107 Å². The van der Waals surface area contributed by atoms with Crippen molar-refractivity contribution in [2.24, 2.45) is 0 Å². The van der Waals surface area contributed by atoms with E-state index < -0.39 is 39.2 Å². The number of ether oxygens (including phenoxy) is 1. The van der Waals surface area contributed by atoms with Gasteiger partial charge >= 0.3 is 12.1 Å². The van der Waals surface area contributed by atoms with Gasteiger partial charge in [-0.3, -0.25) is 9.36 Å². The van der Waals surface area contributed by atoms with E-state index in [1.165, 1.54) is 24.3 Å². The number of carboxylic acid groups (broad SMARTS) is 1. The van der Waals surface area contributed by atoms with Crippen LogP contribution in [-0.2, 0) is 12.7 Å². The highest BCUT2D eigenvalue weighted by Gasteiger charge is 2.38. The summed E-state index contributed by atoms with van der Waals surface area (Å²) >= 11 is 6.70. The van der Waals surface area contributed by atoms with Crippen molar-refractivity contribution < 1.29 is 32.2 Å². The zero-order valence-corrected chi connectivity index (χ0v) is 21.6. The van der Waals surface area contributed by atoms with Crippen LogP contribution in [0.15, 0.2) is 46.1 Å². The van der Waals surface area contributed by atoms with E-state index in [9.17, 15) is 27.9 Å². The minimum Gasteiger partial charge on any atom is -0.497 e. The van der Waals surface area contributed by atoms with Crippen LogP contribution in [0.4, 0.5) is 13.2 Å². The van der Waals surface area contributed by atoms with Gasteiger partial charge in [0.25, 0.3) is 5.56 Å². The fraction of sp³-hybridized carbons (Fsp3) is 0.231. The Morgan fingerprint density at radius 3 is 2.67 bits per heavy atom. The van der Waals surface area contributed by atoms with Crippen molar-refractivity contribution in [3.05, 3.63) is 74.7 Å². The molecule has 1 fully saturated rings. The van der Waals surface area contributed by atoms with Crippen LogP contribution >= 0.6 is 22.9 Å². The van der Waals surface area contributed by atoms with E-state index in [1.807, 2.05) is 6.07 Å². The highest BCUT2D eigenvalue weighted by Crippen LogP contribution is 2.47. The molecule has 1 saturated carbocycles. The summed E-state index contributed by atoms with van der Waals surface area (Å²) in [5.41, 5.74) is -1.01. The molecule has 200 valence electrons. The highest BCUT2D eigenvalue weighted by molar-refractivity contribution is 7.25. The molecule has 3 heterocycles. The first-order valence-electron chi connectivity index (χ1n) is 11.6. The number of fused-ring (bicyclic) bond motifs is 3. The maximum absolute atomic E-state index is 14.2. The Hall–Kier alpha value is -3.90. The minimum absolute atomic E-state index is 0.0355. The van der Waals surface area contributed by atoms with Crippen molar-refractivity contribution >= 4 is 49.2 Å². The highest BCUT2D eigenvalue weighted by atomic mass is 35.5. The lowest BCUT2D eigenvalue weighted by Gasteiger charge is -2.16. The lowest BCUT2D eigenvalue weighted by molar-refractivity contribution is -0.136. The van der Waals surface area contributed by atoms with E-state index >= 15 is 0 Å².